The second-order valence-corrected chi connectivity index (χ2v) is 4.33. The van der Waals surface area contributed by atoms with Crippen molar-refractivity contribution in [3.05, 3.63) is 18.2 Å². The number of hydrogen-bond donors (Lipinski definition) is 1. The van der Waals surface area contributed by atoms with Crippen molar-refractivity contribution in [2.75, 3.05) is 37.5 Å². The molecule has 0 unspecified atom stereocenters. The van der Waals surface area contributed by atoms with Crippen molar-refractivity contribution in [2.24, 2.45) is 5.92 Å². The number of carbonyl (C=O) groups excluding carboxylic acids is 1. The van der Waals surface area contributed by atoms with Crippen LogP contribution in [0, 0.1) is 5.92 Å². The molecule has 1 amide bonds. The Morgan fingerprint density at radius 3 is 3.00 bits per heavy atom. The lowest BCUT2D eigenvalue weighted by Crippen LogP contribution is -2.23. The third-order valence-corrected chi connectivity index (χ3v) is 2.74. The smallest absolute Gasteiger partial charge is 0.231 e. The molecule has 0 aromatic carbocycles. The highest BCUT2D eigenvalue weighted by Gasteiger charge is 2.23. The van der Waals surface area contributed by atoms with E-state index >= 15 is 0 Å². The molecule has 1 aromatic rings. The third kappa shape index (κ3) is 2.94. The van der Waals surface area contributed by atoms with Crippen LogP contribution in [0.4, 0.5) is 11.6 Å². The maximum atomic E-state index is 11.9. The van der Waals surface area contributed by atoms with Gasteiger partial charge in [-0.1, -0.05) is 6.07 Å². The molecule has 1 saturated heterocycles. The zero-order valence-corrected chi connectivity index (χ0v) is 10.1. The Labute approximate surface area is 101 Å². The summed E-state index contributed by atoms with van der Waals surface area (Å²) in [6.45, 7) is 1.18. The molecule has 0 spiro atoms. The van der Waals surface area contributed by atoms with Gasteiger partial charge in [0.15, 0.2) is 0 Å². The number of carbonyl (C=O) groups is 1. The highest BCUT2D eigenvalue weighted by atomic mass is 16.5. The molecular weight excluding hydrogens is 218 g/mol. The molecule has 0 aliphatic carbocycles. The van der Waals surface area contributed by atoms with Crippen LogP contribution < -0.4 is 10.2 Å². The third-order valence-electron chi connectivity index (χ3n) is 2.74. The van der Waals surface area contributed by atoms with Crippen molar-refractivity contribution in [2.45, 2.75) is 6.42 Å². The monoisotopic (exact) mass is 235 g/mol. The van der Waals surface area contributed by atoms with Crippen LogP contribution >= 0.6 is 0 Å². The van der Waals surface area contributed by atoms with Gasteiger partial charge >= 0.3 is 0 Å². The van der Waals surface area contributed by atoms with Gasteiger partial charge in [0.2, 0.25) is 5.91 Å². The highest BCUT2D eigenvalue weighted by molar-refractivity contribution is 5.92. The van der Waals surface area contributed by atoms with E-state index in [2.05, 4.69) is 10.3 Å². The molecule has 1 fully saturated rings. The molecule has 0 bridgehead atoms. The van der Waals surface area contributed by atoms with Gasteiger partial charge in [-0.2, -0.15) is 0 Å². The fourth-order valence-electron chi connectivity index (χ4n) is 1.71. The van der Waals surface area contributed by atoms with Gasteiger partial charge in [0.25, 0.3) is 0 Å². The molecule has 2 rings (SSSR count). The fourth-order valence-corrected chi connectivity index (χ4v) is 1.71. The van der Waals surface area contributed by atoms with Gasteiger partial charge in [-0.15, -0.1) is 0 Å². The maximum absolute atomic E-state index is 11.9. The first-order chi connectivity index (χ1) is 8.16. The molecule has 0 saturated carbocycles. The fraction of sp³-hybridized carbons (Fsp3) is 0.500. The number of aromatic nitrogens is 1. The van der Waals surface area contributed by atoms with Crippen molar-refractivity contribution in [1.29, 1.82) is 0 Å². The standard InChI is InChI=1S/C12H17N3O2/c1-15(2)11-5-3-4-10(13-11)14-12(16)9-6-7-17-8-9/h3-5,9H,6-8H2,1-2H3,(H,13,14,16)/t9-/m0/s1. The summed E-state index contributed by atoms with van der Waals surface area (Å²) < 4.78 is 5.19. The van der Waals surface area contributed by atoms with E-state index < -0.39 is 0 Å². The second-order valence-electron chi connectivity index (χ2n) is 4.33. The molecule has 5 heteroatoms. The molecule has 5 nitrogen and oxygen atoms in total. The van der Waals surface area contributed by atoms with Gasteiger partial charge < -0.3 is 15.0 Å². The van der Waals surface area contributed by atoms with Crippen LogP contribution in [0.25, 0.3) is 0 Å². The minimum Gasteiger partial charge on any atom is -0.381 e. The van der Waals surface area contributed by atoms with Crippen molar-refractivity contribution >= 4 is 17.5 Å². The molecule has 92 valence electrons. The first kappa shape index (κ1) is 11.9. The van der Waals surface area contributed by atoms with Crippen molar-refractivity contribution in [3.8, 4) is 0 Å². The van der Waals surface area contributed by atoms with E-state index in [1.807, 2.05) is 31.1 Å². The van der Waals surface area contributed by atoms with Crippen molar-refractivity contribution in [3.63, 3.8) is 0 Å². The Bertz CT molecular complexity index is 400. The van der Waals surface area contributed by atoms with E-state index in [1.165, 1.54) is 0 Å². The van der Waals surface area contributed by atoms with Crippen molar-refractivity contribution < 1.29 is 9.53 Å². The predicted molar refractivity (Wildman–Crippen MR) is 66.1 cm³/mol. The van der Waals surface area contributed by atoms with Gasteiger partial charge in [-0.05, 0) is 18.6 Å². The van der Waals surface area contributed by atoms with Crippen LogP contribution in [0.15, 0.2) is 18.2 Å². The maximum Gasteiger partial charge on any atom is 0.231 e. The second kappa shape index (κ2) is 5.14. The molecule has 0 radical (unpaired) electrons. The lowest BCUT2D eigenvalue weighted by atomic mass is 10.1. The molecule has 1 N–H and O–H groups in total. The molecule has 2 heterocycles. The summed E-state index contributed by atoms with van der Waals surface area (Å²) in [5, 5.41) is 2.82. The van der Waals surface area contributed by atoms with E-state index in [0.29, 0.717) is 19.0 Å². The Morgan fingerprint density at radius 1 is 1.53 bits per heavy atom. The Balaban J connectivity index is 2.02. The number of hydrogen-bond acceptors (Lipinski definition) is 4. The summed E-state index contributed by atoms with van der Waals surface area (Å²) in [7, 11) is 3.83. The first-order valence-electron chi connectivity index (χ1n) is 5.70. The summed E-state index contributed by atoms with van der Waals surface area (Å²) in [6, 6.07) is 5.57. The van der Waals surface area contributed by atoms with E-state index in [1.54, 1.807) is 6.07 Å². The van der Waals surface area contributed by atoms with Gasteiger partial charge in [0.05, 0.1) is 12.5 Å². The number of nitrogens with zero attached hydrogens (tertiary/aromatic N) is 2. The van der Waals surface area contributed by atoms with Gasteiger partial charge in [-0.25, -0.2) is 4.98 Å². The highest BCUT2D eigenvalue weighted by Crippen LogP contribution is 2.16. The average Bonchev–Trinajstić information content (AvgIpc) is 2.82. The van der Waals surface area contributed by atoms with Crippen LogP contribution in [0.1, 0.15) is 6.42 Å². The summed E-state index contributed by atoms with van der Waals surface area (Å²) in [5.74, 6) is 1.37. The van der Waals surface area contributed by atoms with Crippen LogP contribution in [-0.2, 0) is 9.53 Å². The van der Waals surface area contributed by atoms with Gasteiger partial charge in [-0.3, -0.25) is 4.79 Å². The minimum atomic E-state index is -0.0418. The van der Waals surface area contributed by atoms with Gasteiger partial charge in [0.1, 0.15) is 11.6 Å². The molecule has 1 atom stereocenters. The summed E-state index contributed by atoms with van der Waals surface area (Å²) in [4.78, 5) is 18.1. The first-order valence-corrected chi connectivity index (χ1v) is 5.70. The quantitative estimate of drug-likeness (QED) is 0.853. The normalized spacial score (nSPS) is 19.1. The lowest BCUT2D eigenvalue weighted by Gasteiger charge is -2.13. The SMILES string of the molecule is CN(C)c1cccc(NC(=O)[C@H]2CCOC2)n1. The number of nitrogens with one attached hydrogen (secondary N) is 1. The topological polar surface area (TPSA) is 54.5 Å². The minimum absolute atomic E-state index is 0.00842. The van der Waals surface area contributed by atoms with Crippen LogP contribution in [0.3, 0.4) is 0 Å². The van der Waals surface area contributed by atoms with E-state index in [0.717, 1.165) is 12.2 Å². The van der Waals surface area contributed by atoms with Crippen LogP contribution in [0.5, 0.6) is 0 Å². The molecule has 17 heavy (non-hydrogen) atoms. The van der Waals surface area contributed by atoms with E-state index in [-0.39, 0.29) is 11.8 Å². The Kier molecular flexibility index (Phi) is 3.58. The van der Waals surface area contributed by atoms with Crippen LogP contribution in [-0.4, -0.2) is 38.2 Å². The molecule has 1 aliphatic heterocycles. The zero-order chi connectivity index (χ0) is 12.3. The number of ether oxygens (including phenoxy) is 1. The zero-order valence-electron chi connectivity index (χ0n) is 10.1. The number of rotatable bonds is 3. The van der Waals surface area contributed by atoms with Crippen LogP contribution in [0.2, 0.25) is 0 Å². The predicted octanol–water partition coefficient (Wildman–Crippen LogP) is 1.12. The Hall–Kier alpha value is -1.62. The summed E-state index contributed by atoms with van der Waals surface area (Å²) in [5.41, 5.74) is 0. The molecule has 1 aliphatic rings. The van der Waals surface area contributed by atoms with Crippen molar-refractivity contribution in [1.82, 2.24) is 4.98 Å². The average molecular weight is 235 g/mol. The number of anilines is 2. The molecular formula is C12H17N3O2. The number of amides is 1. The van der Waals surface area contributed by atoms with E-state index in [9.17, 15) is 4.79 Å². The summed E-state index contributed by atoms with van der Waals surface area (Å²) >= 11 is 0. The largest absolute Gasteiger partial charge is 0.381 e. The summed E-state index contributed by atoms with van der Waals surface area (Å²) in [6.07, 6.45) is 0.791. The number of pyridine rings is 1. The Morgan fingerprint density at radius 2 is 2.35 bits per heavy atom. The van der Waals surface area contributed by atoms with E-state index in [4.69, 9.17) is 4.74 Å². The molecule has 1 aromatic heterocycles. The lowest BCUT2D eigenvalue weighted by molar-refractivity contribution is -0.119. The van der Waals surface area contributed by atoms with Gasteiger partial charge in [0, 0.05) is 20.7 Å².